The summed E-state index contributed by atoms with van der Waals surface area (Å²) in [5.74, 6) is -1.63. The van der Waals surface area contributed by atoms with Gasteiger partial charge < -0.3 is 40.6 Å². The van der Waals surface area contributed by atoms with Crippen LogP contribution in [-0.2, 0) is 28.6 Å². The number of nitro groups is 1. The minimum atomic E-state index is -1.27. The van der Waals surface area contributed by atoms with E-state index < -0.39 is 23.7 Å². The van der Waals surface area contributed by atoms with Gasteiger partial charge in [-0.1, -0.05) is 114 Å². The summed E-state index contributed by atoms with van der Waals surface area (Å²) in [6.07, 6.45) is 30.8. The number of nitrogens with zero attached hydrogens (tertiary/aromatic N) is 6. The molecule has 1 aromatic heterocycles. The topological polar surface area (TPSA) is 265 Å². The highest BCUT2D eigenvalue weighted by Crippen LogP contribution is 2.50. The summed E-state index contributed by atoms with van der Waals surface area (Å²) in [4.78, 5) is 82.0. The number of ketones is 1. The van der Waals surface area contributed by atoms with Gasteiger partial charge in [-0.2, -0.15) is 0 Å². The van der Waals surface area contributed by atoms with Crippen LogP contribution in [0, 0.1) is 44.1 Å². The molecule has 9 aliphatic rings. The monoisotopic (exact) mass is 1430 g/mol. The first-order chi connectivity index (χ1) is 47.6. The fraction of sp³-hybridized carbons (Fsp3) is 0.711. The number of carbonyl (C=O) groups is 4. The number of para-hydroxylation sites is 6. The molecule has 13 rings (SSSR count). The summed E-state index contributed by atoms with van der Waals surface area (Å²) in [6.45, 7) is 26.8. The molecule has 9 fully saturated rings. The zero-order valence-corrected chi connectivity index (χ0v) is 63.0. The van der Waals surface area contributed by atoms with E-state index in [1.165, 1.54) is 142 Å². The lowest BCUT2D eigenvalue weighted by molar-refractivity contribution is -0.384. The average molecular weight is 1430 g/mol. The van der Waals surface area contributed by atoms with Crippen molar-refractivity contribution >= 4 is 57.5 Å². The number of anilines is 3. The first kappa shape index (κ1) is 83.8. The lowest BCUT2D eigenvalue weighted by Gasteiger charge is -2.47. The number of aromatic nitrogens is 2. The van der Waals surface area contributed by atoms with E-state index in [1.807, 2.05) is 53.1 Å². The van der Waals surface area contributed by atoms with Crippen LogP contribution >= 0.6 is 0 Å². The van der Waals surface area contributed by atoms with Gasteiger partial charge in [-0.25, -0.2) is 19.4 Å². The number of rotatable bonds is 15. The molecule has 20 nitrogen and oxygen atoms in total. The second kappa shape index (κ2) is 36.7. The maximum Gasteiger partial charge on any atom is 0.386 e. The van der Waals surface area contributed by atoms with Crippen LogP contribution in [0.25, 0.3) is 11.0 Å². The van der Waals surface area contributed by atoms with Gasteiger partial charge in [-0.3, -0.25) is 34.4 Å². The average Bonchev–Trinajstić information content (AvgIpc) is 1.37. The van der Waals surface area contributed by atoms with E-state index >= 15 is 0 Å². The summed E-state index contributed by atoms with van der Waals surface area (Å²) in [5, 5.41) is 18.6. The number of piperidine rings is 3. The molecule has 103 heavy (non-hydrogen) atoms. The van der Waals surface area contributed by atoms with Gasteiger partial charge in [-0.05, 0) is 239 Å². The zero-order valence-electron chi connectivity index (χ0n) is 63.0. The summed E-state index contributed by atoms with van der Waals surface area (Å²) >= 11 is 0. The molecular formula is C83H133N9O11. The Morgan fingerprint density at radius 3 is 1.21 bits per heavy atom. The maximum absolute atomic E-state index is 13.5. The van der Waals surface area contributed by atoms with Crippen LogP contribution in [-0.4, -0.2) is 145 Å². The van der Waals surface area contributed by atoms with Crippen molar-refractivity contribution in [2.75, 3.05) is 36.2 Å². The largest absolute Gasteiger partial charge is 0.461 e. The normalized spacial score (nSPS) is 29.0. The van der Waals surface area contributed by atoms with E-state index in [4.69, 9.17) is 10.5 Å². The second-order valence-electron chi connectivity index (χ2n) is 33.8. The number of ether oxygens (including phenoxy) is 3. The number of Topliss-reactive ketones (excluding diaryl/α,β-unsaturated/α-hetero) is 1. The molecule has 3 saturated carbocycles. The molecule has 20 heteroatoms. The summed E-state index contributed by atoms with van der Waals surface area (Å²) in [7, 11) is 0. The third-order valence-corrected chi connectivity index (χ3v) is 24.7. The molecule has 6 aliphatic heterocycles. The molecule has 0 radical (unpaired) electrons. The number of nitrogens with two attached hydrogens (primary N) is 1. The van der Waals surface area contributed by atoms with Gasteiger partial charge >= 0.3 is 23.7 Å². The maximum atomic E-state index is 13.5. The summed E-state index contributed by atoms with van der Waals surface area (Å²) < 4.78 is 15.6. The Morgan fingerprint density at radius 1 is 0.495 bits per heavy atom. The van der Waals surface area contributed by atoms with Gasteiger partial charge in [0.25, 0.3) is 11.2 Å². The van der Waals surface area contributed by atoms with Gasteiger partial charge in [0.2, 0.25) is 5.69 Å². The van der Waals surface area contributed by atoms with Crippen molar-refractivity contribution < 1.29 is 45.2 Å². The van der Waals surface area contributed by atoms with E-state index in [0.29, 0.717) is 69.7 Å². The summed E-state index contributed by atoms with van der Waals surface area (Å²) in [5.41, 5.74) is 11.4. The van der Waals surface area contributed by atoms with Crippen molar-refractivity contribution in [3.05, 3.63) is 99.0 Å². The second-order valence-corrected chi connectivity index (χ2v) is 33.8. The minimum absolute atomic E-state index is 0. The molecule has 6 saturated heterocycles. The number of hydrogen-bond donors (Lipinski definition) is 3. The highest BCUT2D eigenvalue weighted by atomic mass is 16.6. The van der Waals surface area contributed by atoms with E-state index in [2.05, 4.69) is 114 Å². The van der Waals surface area contributed by atoms with Crippen LogP contribution in [0.15, 0.2) is 77.6 Å². The van der Waals surface area contributed by atoms with Crippen molar-refractivity contribution in [2.45, 2.75) is 325 Å². The van der Waals surface area contributed by atoms with E-state index in [1.54, 1.807) is 19.1 Å². The van der Waals surface area contributed by atoms with Crippen molar-refractivity contribution in [2.24, 2.45) is 34.0 Å². The van der Waals surface area contributed by atoms with Crippen LogP contribution < -0.4 is 21.9 Å². The molecule has 0 spiro atoms. The number of hydrogen-bond acceptors (Lipinski definition) is 17. The molecule has 0 amide bonds. The predicted molar refractivity (Wildman–Crippen MR) is 416 cm³/mol. The molecule has 4 aromatic rings. The molecule has 6 bridgehead atoms. The first-order valence-corrected chi connectivity index (χ1v) is 38.6. The molecule has 576 valence electrons. The molecule has 3 aromatic carbocycles. The van der Waals surface area contributed by atoms with Crippen molar-refractivity contribution in [1.82, 2.24) is 24.3 Å². The molecule has 3 aliphatic carbocycles. The van der Waals surface area contributed by atoms with Gasteiger partial charge in [0, 0.05) is 80.0 Å². The fourth-order valence-electron chi connectivity index (χ4n) is 19.7. The van der Waals surface area contributed by atoms with Gasteiger partial charge in [0.05, 0.1) is 47.2 Å². The number of nitro benzene ring substituents is 1. The molecule has 3 unspecified atom stereocenters. The number of esters is 3. The Bertz CT molecular complexity index is 3430. The van der Waals surface area contributed by atoms with Crippen LogP contribution in [0.3, 0.4) is 0 Å². The van der Waals surface area contributed by atoms with Crippen LogP contribution in [0.1, 0.15) is 270 Å². The van der Waals surface area contributed by atoms with Crippen molar-refractivity contribution in [3.8, 4) is 0 Å². The SMILES string of the molecule is C.C.CC(C)(C)C1CCC(N2[C@@H]3CC[C@H]2CC(Nc2ccccc2N)C3)CC1.CC(C)(C)C1CCC(N2[C@@H]3CC[C@H]2CC(Nc2ccccc2[N+](=O)[O-])C3)CC1.CCOC(=O)C(=O)C(=O)OCC.CCOC(=O)c1nc2ccccc2n(C2C[C@H]3CC[C@@H](C2)N3C2CCC(C(C)(C)C)CC2)c1=O.O.[HH]. The van der Waals surface area contributed by atoms with Gasteiger partial charge in [0.1, 0.15) is 5.69 Å². The zero-order chi connectivity index (χ0) is 71.8. The Balaban J connectivity index is 0.000000225. The number of benzene rings is 3. The molecule has 7 heterocycles. The third-order valence-electron chi connectivity index (χ3n) is 24.7. The van der Waals surface area contributed by atoms with Crippen molar-refractivity contribution in [1.29, 1.82) is 0 Å². The molecule has 9 atom stereocenters. The quantitative estimate of drug-likeness (QED) is 0.0190. The fourth-order valence-corrected chi connectivity index (χ4v) is 19.7. The number of fused-ring (bicyclic) bond motifs is 7. The van der Waals surface area contributed by atoms with E-state index in [-0.39, 0.29) is 69.5 Å². The van der Waals surface area contributed by atoms with Gasteiger partial charge in [-0.15, -0.1) is 0 Å². The Hall–Kier alpha value is -6.48. The highest BCUT2D eigenvalue weighted by Gasteiger charge is 2.49. The van der Waals surface area contributed by atoms with Gasteiger partial charge in [0.15, 0.2) is 0 Å². The predicted octanol–water partition coefficient (Wildman–Crippen LogP) is 16.6. The lowest BCUT2D eigenvalue weighted by Crippen LogP contribution is -2.52. The Kier molecular flexibility index (Phi) is 29.8. The molecule has 6 N–H and O–H groups in total. The van der Waals surface area contributed by atoms with Crippen LogP contribution in [0.5, 0.6) is 0 Å². The number of nitrogen functional groups attached to an aromatic ring is 1. The number of nitrogens with one attached hydrogen (secondary N) is 2. The Morgan fingerprint density at radius 2 is 0.835 bits per heavy atom. The molecular weight excluding hydrogens is 1300 g/mol. The Labute approximate surface area is 617 Å². The van der Waals surface area contributed by atoms with Crippen LogP contribution in [0.2, 0.25) is 0 Å². The smallest absolute Gasteiger partial charge is 0.386 e. The third kappa shape index (κ3) is 20.4. The lowest BCUT2D eigenvalue weighted by atomic mass is 9.71. The first-order valence-electron chi connectivity index (χ1n) is 38.6. The van der Waals surface area contributed by atoms with E-state index in [0.717, 1.165) is 84.5 Å². The van der Waals surface area contributed by atoms with Crippen molar-refractivity contribution in [3.63, 3.8) is 0 Å². The minimum Gasteiger partial charge on any atom is -0.461 e. The standard InChI is InChI=1S/C28H39N3O3.C23H35N3O2.C23H37N3.C7H10O5.2CH4.H2O.H2/c1-5-34-27(33)25-26(32)31(24-9-7-6-8-23(24)29-25)22-16-20-14-15-21(17-22)30(20)19-12-10-18(11-13-19)28(2,3)4;1-23(2,3)16-8-10-18(11-9-16)25-19-12-13-20(25)15-17(14-19)24-21-6-4-5-7-22(21)26(27)28;1-23(2,3)16-8-10-18(11-9-16)26-19-12-13-20(26)15-17(14-19)25-22-7-5-4-6-21(22)24;1-3-11-6(9)5(8)7(10)12-4-2;;;;/h6-9,18-22H,5,10-17H2,1-4H3;4-7,16-20,24H,8-15H2,1-3H3;4-7,16-20,25H,8-15,24H2,1-3H3;3-4H2,1-2H3;2*1H4;1H2;1H/t18?,19?,20-,21+,22?;2*16?,17?,18?,19-,20+;;;;;. The summed E-state index contributed by atoms with van der Waals surface area (Å²) in [6, 6.07) is 30.2. The highest BCUT2D eigenvalue weighted by molar-refractivity contribution is 6.60. The number of carbonyl (C=O) groups excluding carboxylic acids is 4. The van der Waals surface area contributed by atoms with E-state index in [9.17, 15) is 34.1 Å². The van der Waals surface area contributed by atoms with Crippen LogP contribution in [0.4, 0.5) is 22.7 Å².